The molecule has 1 rings (SSSR count). The van der Waals surface area contributed by atoms with E-state index >= 15 is 0 Å². The van der Waals surface area contributed by atoms with Crippen LogP contribution in [0.2, 0.25) is 0 Å². The summed E-state index contributed by atoms with van der Waals surface area (Å²) in [6.45, 7) is 3.55. The molecule has 0 saturated heterocycles. The first-order valence-electron chi connectivity index (χ1n) is 4.56. The Balaban J connectivity index is 2.78. The molecule has 1 atom stereocenters. The van der Waals surface area contributed by atoms with Gasteiger partial charge in [0.1, 0.15) is 6.17 Å². The van der Waals surface area contributed by atoms with Gasteiger partial charge in [0.2, 0.25) is 0 Å². The fraction of sp³-hybridized carbons (Fsp3) is 0.364. The Labute approximate surface area is 82.7 Å². The van der Waals surface area contributed by atoms with Crippen molar-refractivity contribution < 1.29 is 13.9 Å². The quantitative estimate of drug-likeness (QED) is 0.695. The van der Waals surface area contributed by atoms with Crippen LogP contribution in [0.1, 0.15) is 35.9 Å². The summed E-state index contributed by atoms with van der Waals surface area (Å²) >= 11 is 0. The second kappa shape index (κ2) is 4.74. The first-order valence-corrected chi connectivity index (χ1v) is 4.56. The highest BCUT2D eigenvalue weighted by Crippen LogP contribution is 2.16. The van der Waals surface area contributed by atoms with E-state index in [4.69, 9.17) is 4.74 Å². The Morgan fingerprint density at radius 2 is 2.00 bits per heavy atom. The highest BCUT2D eigenvalue weighted by Gasteiger charge is 2.07. The molecule has 0 bridgehead atoms. The minimum Gasteiger partial charge on any atom is -0.462 e. The van der Waals surface area contributed by atoms with Crippen LogP contribution in [0.4, 0.5) is 4.39 Å². The largest absolute Gasteiger partial charge is 0.462 e. The van der Waals surface area contributed by atoms with Gasteiger partial charge in [0.15, 0.2) is 0 Å². The van der Waals surface area contributed by atoms with E-state index in [1.165, 1.54) is 6.92 Å². The number of ether oxygens (including phenoxy) is 1. The smallest absolute Gasteiger partial charge is 0.338 e. The normalized spacial score (nSPS) is 12.2. The van der Waals surface area contributed by atoms with Crippen LogP contribution in [0, 0.1) is 0 Å². The maximum Gasteiger partial charge on any atom is 0.338 e. The van der Waals surface area contributed by atoms with Gasteiger partial charge in [0.05, 0.1) is 12.2 Å². The van der Waals surface area contributed by atoms with Crippen molar-refractivity contribution in [2.75, 3.05) is 6.61 Å². The van der Waals surface area contributed by atoms with Gasteiger partial charge in [-0.3, -0.25) is 0 Å². The van der Waals surface area contributed by atoms with E-state index < -0.39 is 6.17 Å². The molecule has 0 aliphatic carbocycles. The van der Waals surface area contributed by atoms with E-state index in [1.807, 2.05) is 0 Å². The predicted octanol–water partition coefficient (Wildman–Crippen LogP) is 2.89. The fourth-order valence-corrected chi connectivity index (χ4v) is 1.10. The number of carbonyl (C=O) groups is 1. The summed E-state index contributed by atoms with van der Waals surface area (Å²) in [6, 6.07) is 6.33. The molecule has 0 amide bonds. The van der Waals surface area contributed by atoms with Crippen molar-refractivity contribution in [1.29, 1.82) is 0 Å². The van der Waals surface area contributed by atoms with Gasteiger partial charge in [-0.05, 0) is 31.5 Å². The number of hydrogen-bond acceptors (Lipinski definition) is 2. The number of alkyl halides is 1. The van der Waals surface area contributed by atoms with Crippen molar-refractivity contribution in [3.63, 3.8) is 0 Å². The van der Waals surface area contributed by atoms with Gasteiger partial charge in [0, 0.05) is 0 Å². The van der Waals surface area contributed by atoms with Gasteiger partial charge in [0.25, 0.3) is 0 Å². The summed E-state index contributed by atoms with van der Waals surface area (Å²) in [4.78, 5) is 11.2. The molecular formula is C11H13FO2. The Morgan fingerprint density at radius 1 is 1.43 bits per heavy atom. The summed E-state index contributed by atoms with van der Waals surface area (Å²) < 4.78 is 17.6. The van der Waals surface area contributed by atoms with Crippen LogP contribution in [0.25, 0.3) is 0 Å². The molecule has 14 heavy (non-hydrogen) atoms. The van der Waals surface area contributed by atoms with Crippen LogP contribution in [0.15, 0.2) is 24.3 Å². The number of hydrogen-bond donors (Lipinski definition) is 0. The average molecular weight is 196 g/mol. The molecule has 0 radical (unpaired) electrons. The Morgan fingerprint density at radius 3 is 2.43 bits per heavy atom. The van der Waals surface area contributed by atoms with E-state index in [2.05, 4.69) is 0 Å². The Kier molecular flexibility index (Phi) is 3.63. The van der Waals surface area contributed by atoms with Crippen molar-refractivity contribution in [2.24, 2.45) is 0 Å². The van der Waals surface area contributed by atoms with Crippen LogP contribution in [0.5, 0.6) is 0 Å². The lowest BCUT2D eigenvalue weighted by Gasteiger charge is -2.04. The van der Waals surface area contributed by atoms with E-state index in [0.29, 0.717) is 17.7 Å². The van der Waals surface area contributed by atoms with Gasteiger partial charge < -0.3 is 4.74 Å². The molecule has 0 heterocycles. The van der Waals surface area contributed by atoms with Gasteiger partial charge in [-0.1, -0.05) is 12.1 Å². The van der Waals surface area contributed by atoms with Crippen LogP contribution < -0.4 is 0 Å². The van der Waals surface area contributed by atoms with Gasteiger partial charge in [-0.2, -0.15) is 0 Å². The molecule has 1 unspecified atom stereocenters. The van der Waals surface area contributed by atoms with Crippen LogP contribution in [-0.4, -0.2) is 12.6 Å². The zero-order valence-electron chi connectivity index (χ0n) is 8.29. The van der Waals surface area contributed by atoms with Crippen molar-refractivity contribution in [3.8, 4) is 0 Å². The third-order valence-corrected chi connectivity index (χ3v) is 1.88. The monoisotopic (exact) mass is 196 g/mol. The molecule has 1 aromatic carbocycles. The van der Waals surface area contributed by atoms with Crippen LogP contribution >= 0.6 is 0 Å². The summed E-state index contributed by atoms with van der Waals surface area (Å²) in [7, 11) is 0. The van der Waals surface area contributed by atoms with Crippen LogP contribution in [-0.2, 0) is 4.74 Å². The Hall–Kier alpha value is -1.38. The molecule has 0 aromatic heterocycles. The number of halogens is 1. The van der Waals surface area contributed by atoms with E-state index in [9.17, 15) is 9.18 Å². The number of carbonyl (C=O) groups excluding carboxylic acids is 1. The lowest BCUT2D eigenvalue weighted by molar-refractivity contribution is 0.0526. The minimum absolute atomic E-state index is 0.347. The molecule has 0 aliphatic rings. The van der Waals surface area contributed by atoms with Crippen molar-refractivity contribution >= 4 is 5.97 Å². The number of esters is 1. The second-order valence-electron chi connectivity index (χ2n) is 2.96. The summed E-state index contributed by atoms with van der Waals surface area (Å²) in [5.74, 6) is -0.370. The second-order valence-corrected chi connectivity index (χ2v) is 2.96. The lowest BCUT2D eigenvalue weighted by atomic mass is 10.1. The molecule has 3 heteroatoms. The first-order chi connectivity index (χ1) is 6.65. The molecule has 0 aliphatic heterocycles. The van der Waals surface area contributed by atoms with Crippen LogP contribution in [0.3, 0.4) is 0 Å². The molecular weight excluding hydrogens is 183 g/mol. The fourth-order valence-electron chi connectivity index (χ4n) is 1.10. The summed E-state index contributed by atoms with van der Waals surface area (Å²) in [6.07, 6.45) is -1.01. The first kappa shape index (κ1) is 10.7. The summed E-state index contributed by atoms with van der Waals surface area (Å²) in [5, 5.41) is 0. The molecule has 76 valence electrons. The third kappa shape index (κ3) is 2.55. The van der Waals surface area contributed by atoms with Crippen molar-refractivity contribution in [3.05, 3.63) is 35.4 Å². The highest BCUT2D eigenvalue weighted by molar-refractivity contribution is 5.89. The maximum atomic E-state index is 12.8. The molecule has 0 spiro atoms. The molecule has 0 fully saturated rings. The molecule has 0 N–H and O–H groups in total. The number of benzene rings is 1. The maximum absolute atomic E-state index is 12.8. The van der Waals surface area contributed by atoms with Gasteiger partial charge >= 0.3 is 5.97 Å². The topological polar surface area (TPSA) is 26.3 Å². The molecule has 0 saturated carbocycles. The Bertz CT molecular complexity index is 304. The highest BCUT2D eigenvalue weighted by atomic mass is 19.1. The van der Waals surface area contributed by atoms with E-state index in [0.717, 1.165) is 0 Å². The minimum atomic E-state index is -1.01. The number of rotatable bonds is 3. The molecule has 2 nitrogen and oxygen atoms in total. The lowest BCUT2D eigenvalue weighted by Crippen LogP contribution is -2.04. The zero-order chi connectivity index (χ0) is 10.6. The van der Waals surface area contributed by atoms with Crippen molar-refractivity contribution in [1.82, 2.24) is 0 Å². The van der Waals surface area contributed by atoms with Gasteiger partial charge in [-0.15, -0.1) is 0 Å². The van der Waals surface area contributed by atoms with E-state index in [-0.39, 0.29) is 5.97 Å². The standard InChI is InChI=1S/C11H13FO2/c1-3-14-11(13)10-6-4-9(5-7-10)8(2)12/h4-8H,3H2,1-2H3. The summed E-state index contributed by atoms with van der Waals surface area (Å²) in [5.41, 5.74) is 1.02. The van der Waals surface area contributed by atoms with Crippen molar-refractivity contribution in [2.45, 2.75) is 20.0 Å². The average Bonchev–Trinajstić information content (AvgIpc) is 2.18. The SMILES string of the molecule is CCOC(=O)c1ccc(C(C)F)cc1. The van der Waals surface area contributed by atoms with Gasteiger partial charge in [-0.25, -0.2) is 9.18 Å². The third-order valence-electron chi connectivity index (χ3n) is 1.88. The molecule has 1 aromatic rings. The predicted molar refractivity (Wildman–Crippen MR) is 51.9 cm³/mol. The zero-order valence-corrected chi connectivity index (χ0v) is 8.29. The van der Waals surface area contributed by atoms with E-state index in [1.54, 1.807) is 31.2 Å².